The highest BCUT2D eigenvalue weighted by molar-refractivity contribution is 5.01. The molecule has 26 heavy (non-hydrogen) atoms. The maximum atomic E-state index is 10.2. The molecule has 14 heteroatoms. The number of ether oxygens (including phenoxy) is 2. The van der Waals surface area contributed by atoms with E-state index in [0.29, 0.717) is 0 Å². The molecule has 0 radical (unpaired) electrons. The van der Waals surface area contributed by atoms with Gasteiger partial charge in [-0.2, -0.15) is 0 Å². The summed E-state index contributed by atoms with van der Waals surface area (Å²) in [7, 11) is 0. The number of aliphatic hydroxyl groups is 6. The monoisotopic (exact) mass is 376 g/mol. The molecule has 0 amide bonds. The fourth-order valence-electron chi connectivity index (χ4n) is 3.04. The Kier molecular flexibility index (Phi) is 6.97. The number of rotatable bonds is 5. The molecule has 2 fully saturated rings. The van der Waals surface area contributed by atoms with E-state index in [0.717, 1.165) is 0 Å². The second-order valence-corrected chi connectivity index (χ2v) is 6.06. The number of hydrogen-bond acceptors (Lipinski definition) is 10. The van der Waals surface area contributed by atoms with Crippen molar-refractivity contribution >= 4 is 0 Å². The molecule has 2 rings (SSSR count). The smallest absolute Gasteiger partial charge is 0.187 e. The highest BCUT2D eigenvalue weighted by Crippen LogP contribution is 2.31. The van der Waals surface area contributed by atoms with Crippen LogP contribution in [0.4, 0.5) is 0 Å². The topological polar surface area (TPSA) is 237 Å². The van der Waals surface area contributed by atoms with E-state index in [-0.39, 0.29) is 6.42 Å². The van der Waals surface area contributed by atoms with Crippen molar-refractivity contribution in [2.45, 2.75) is 67.5 Å². The molecule has 1 saturated heterocycles. The van der Waals surface area contributed by atoms with Crippen LogP contribution in [-0.2, 0) is 9.47 Å². The van der Waals surface area contributed by atoms with Crippen molar-refractivity contribution in [2.24, 2.45) is 10.2 Å². The van der Waals surface area contributed by atoms with Gasteiger partial charge in [0.1, 0.15) is 30.5 Å². The summed E-state index contributed by atoms with van der Waals surface area (Å²) in [5, 5.41) is 65.8. The standard InChI is InChI=1S/C12H20N6O8/c13-17-15-3-1-4(16-18-14)11(9(23)6(3)20)26-12-10(24)8(22)7(21)5(2-19)25-12/h3-12,19-24H,1-2H2/t3-,4+,5-,6+,7-,8+,9-,10-,11-,12+/m1/s1. The second-order valence-electron chi connectivity index (χ2n) is 6.06. The first kappa shape index (κ1) is 20.6. The molecule has 0 aromatic carbocycles. The molecule has 0 aromatic rings. The van der Waals surface area contributed by atoms with E-state index in [1.54, 1.807) is 0 Å². The molecular formula is C12H20N6O8. The highest BCUT2D eigenvalue weighted by atomic mass is 16.7. The van der Waals surface area contributed by atoms with Crippen LogP contribution in [0.2, 0.25) is 0 Å². The first-order valence-corrected chi connectivity index (χ1v) is 7.76. The lowest BCUT2D eigenvalue weighted by Gasteiger charge is -2.45. The van der Waals surface area contributed by atoms with Crippen LogP contribution in [0, 0.1) is 0 Å². The zero-order valence-electron chi connectivity index (χ0n) is 13.4. The molecule has 2 aliphatic rings. The van der Waals surface area contributed by atoms with Gasteiger partial charge in [-0.1, -0.05) is 10.2 Å². The van der Waals surface area contributed by atoms with Gasteiger partial charge in [-0.25, -0.2) is 0 Å². The van der Waals surface area contributed by atoms with Gasteiger partial charge < -0.3 is 40.1 Å². The number of aliphatic hydroxyl groups excluding tert-OH is 6. The van der Waals surface area contributed by atoms with Crippen molar-refractivity contribution in [2.75, 3.05) is 6.61 Å². The Labute approximate surface area is 146 Å². The molecule has 6 N–H and O–H groups in total. The SMILES string of the molecule is [N-]=[N+]=N[C@H]1C[C@@H](N=[N+]=[N-])[C@H](O)[C@@H](O)[C@@H]1O[C@@H]1O[C@H](CO)[C@@H](O)[C@H](O)[C@H]1O. The van der Waals surface area contributed by atoms with Crippen molar-refractivity contribution in [3.05, 3.63) is 20.9 Å². The molecule has 14 nitrogen and oxygen atoms in total. The third-order valence-corrected chi connectivity index (χ3v) is 4.48. The Balaban J connectivity index is 2.21. The van der Waals surface area contributed by atoms with Crippen molar-refractivity contribution < 1.29 is 40.1 Å². The zero-order chi connectivity index (χ0) is 19.4. The molecule has 1 aliphatic heterocycles. The molecule has 1 heterocycles. The van der Waals surface area contributed by atoms with E-state index in [4.69, 9.17) is 20.5 Å². The zero-order valence-corrected chi connectivity index (χ0v) is 13.4. The highest BCUT2D eigenvalue weighted by Gasteiger charge is 2.49. The van der Waals surface area contributed by atoms with E-state index in [2.05, 4.69) is 20.1 Å². The van der Waals surface area contributed by atoms with Gasteiger partial charge in [0, 0.05) is 9.82 Å². The van der Waals surface area contributed by atoms with Crippen molar-refractivity contribution in [3.8, 4) is 0 Å². The largest absolute Gasteiger partial charge is 0.394 e. The molecule has 10 atom stereocenters. The Morgan fingerprint density at radius 3 is 2.08 bits per heavy atom. The lowest BCUT2D eigenvalue weighted by molar-refractivity contribution is -0.323. The molecule has 0 spiro atoms. The summed E-state index contributed by atoms with van der Waals surface area (Å²) in [5.74, 6) is 0. The van der Waals surface area contributed by atoms with E-state index in [1.807, 2.05) is 0 Å². The molecule has 146 valence electrons. The minimum Gasteiger partial charge on any atom is -0.394 e. The van der Waals surface area contributed by atoms with Gasteiger partial charge in [0.25, 0.3) is 0 Å². The maximum Gasteiger partial charge on any atom is 0.187 e. The van der Waals surface area contributed by atoms with Crippen molar-refractivity contribution in [3.63, 3.8) is 0 Å². The Hall–Kier alpha value is -1.70. The minimum absolute atomic E-state index is 0.144. The van der Waals surface area contributed by atoms with Gasteiger partial charge >= 0.3 is 0 Å². The van der Waals surface area contributed by atoms with E-state index >= 15 is 0 Å². The summed E-state index contributed by atoms with van der Waals surface area (Å²) in [5.41, 5.74) is 17.2. The van der Waals surface area contributed by atoms with Crippen LogP contribution in [0.5, 0.6) is 0 Å². The summed E-state index contributed by atoms with van der Waals surface area (Å²) in [4.78, 5) is 5.17. The third-order valence-electron chi connectivity index (χ3n) is 4.48. The predicted molar refractivity (Wildman–Crippen MR) is 81.1 cm³/mol. The number of hydrogen-bond donors (Lipinski definition) is 6. The summed E-state index contributed by atoms with van der Waals surface area (Å²) >= 11 is 0. The molecule has 1 saturated carbocycles. The average Bonchev–Trinajstić information content (AvgIpc) is 2.63. The molecule has 0 bridgehead atoms. The fraction of sp³-hybridized carbons (Fsp3) is 1.00. The molecule has 0 unspecified atom stereocenters. The minimum atomic E-state index is -1.74. The van der Waals surface area contributed by atoms with E-state index in [9.17, 15) is 30.6 Å². The summed E-state index contributed by atoms with van der Waals surface area (Å²) in [6.45, 7) is -0.681. The van der Waals surface area contributed by atoms with Crippen LogP contribution in [0.3, 0.4) is 0 Å². The lowest BCUT2D eigenvalue weighted by Crippen LogP contribution is -2.63. The van der Waals surface area contributed by atoms with Gasteiger partial charge in [-0.05, 0) is 17.5 Å². The van der Waals surface area contributed by atoms with Crippen LogP contribution in [-0.4, -0.2) is 98.3 Å². The second kappa shape index (κ2) is 8.79. The Morgan fingerprint density at radius 1 is 0.885 bits per heavy atom. The van der Waals surface area contributed by atoms with Crippen molar-refractivity contribution in [1.82, 2.24) is 0 Å². The summed E-state index contributed by atoms with van der Waals surface area (Å²) < 4.78 is 10.6. The average molecular weight is 376 g/mol. The van der Waals surface area contributed by atoms with Crippen LogP contribution in [0.1, 0.15) is 6.42 Å². The fourth-order valence-corrected chi connectivity index (χ4v) is 3.04. The molecular weight excluding hydrogens is 356 g/mol. The predicted octanol–water partition coefficient (Wildman–Crippen LogP) is -2.35. The van der Waals surface area contributed by atoms with Gasteiger partial charge in [-0.3, -0.25) is 0 Å². The Bertz CT molecular complexity index is 582. The third kappa shape index (κ3) is 4.00. The normalized spacial score (nSPS) is 46.1. The van der Waals surface area contributed by atoms with Gasteiger partial charge in [0.15, 0.2) is 6.29 Å². The Morgan fingerprint density at radius 2 is 1.50 bits per heavy atom. The maximum absolute atomic E-state index is 10.2. The molecule has 1 aliphatic carbocycles. The van der Waals surface area contributed by atoms with E-state index in [1.165, 1.54) is 0 Å². The number of nitrogens with zero attached hydrogens (tertiary/aromatic N) is 6. The first-order chi connectivity index (χ1) is 12.3. The summed E-state index contributed by atoms with van der Waals surface area (Å²) in [6, 6.07) is -2.15. The molecule has 0 aromatic heterocycles. The van der Waals surface area contributed by atoms with Crippen LogP contribution in [0.15, 0.2) is 10.2 Å². The van der Waals surface area contributed by atoms with E-state index < -0.39 is 67.7 Å². The van der Waals surface area contributed by atoms with Gasteiger partial charge in [0.05, 0.1) is 30.9 Å². The van der Waals surface area contributed by atoms with Crippen LogP contribution >= 0.6 is 0 Å². The summed E-state index contributed by atoms with van der Waals surface area (Å²) in [6.07, 6.45) is -12.6. The van der Waals surface area contributed by atoms with Crippen molar-refractivity contribution in [1.29, 1.82) is 0 Å². The van der Waals surface area contributed by atoms with Gasteiger partial charge in [0.2, 0.25) is 0 Å². The first-order valence-electron chi connectivity index (χ1n) is 7.76. The van der Waals surface area contributed by atoms with Crippen LogP contribution < -0.4 is 0 Å². The quantitative estimate of drug-likeness (QED) is 0.172. The lowest BCUT2D eigenvalue weighted by atomic mass is 9.84. The van der Waals surface area contributed by atoms with Crippen LogP contribution in [0.25, 0.3) is 20.9 Å². The number of azide groups is 2. The van der Waals surface area contributed by atoms with Gasteiger partial charge in [-0.15, -0.1) is 0 Å².